The Balaban J connectivity index is 0.000000382. The summed E-state index contributed by atoms with van der Waals surface area (Å²) >= 11 is 0. The Kier molecular flexibility index (Phi) is 15.9. The van der Waals surface area contributed by atoms with Crippen molar-refractivity contribution in [3.63, 3.8) is 0 Å². The van der Waals surface area contributed by atoms with E-state index in [0.29, 0.717) is 24.3 Å². The molecule has 0 fully saturated rings. The molecule has 0 spiro atoms. The van der Waals surface area contributed by atoms with Crippen LogP contribution in [0.2, 0.25) is 0 Å². The molecule has 2 N–H and O–H groups in total. The van der Waals surface area contributed by atoms with E-state index < -0.39 is 11.9 Å². The van der Waals surface area contributed by atoms with Gasteiger partial charge in [0.1, 0.15) is 11.5 Å². The zero-order chi connectivity index (χ0) is 29.0. The molecule has 0 saturated heterocycles. The Bertz CT molecular complexity index is 1070. The van der Waals surface area contributed by atoms with Crippen molar-refractivity contribution in [1.29, 1.82) is 0 Å². The lowest BCUT2D eigenvalue weighted by Crippen LogP contribution is -2.15. The number of aromatic hydroxyl groups is 2. The van der Waals surface area contributed by atoms with Gasteiger partial charge in [0.05, 0.1) is 24.3 Å². The molecule has 0 aromatic heterocycles. The van der Waals surface area contributed by atoms with Crippen molar-refractivity contribution >= 4 is 22.7 Å². The molecule has 0 unspecified atom stereocenters. The van der Waals surface area contributed by atoms with Crippen LogP contribution < -0.4 is 0 Å². The third-order valence-electron chi connectivity index (χ3n) is 6.64. The molecule has 0 heterocycles. The molecule has 3 aromatic rings. The maximum Gasteiger partial charge on any atom is 0.339 e. The van der Waals surface area contributed by atoms with E-state index in [9.17, 15) is 9.59 Å². The predicted molar refractivity (Wildman–Crippen MR) is 161 cm³/mol. The van der Waals surface area contributed by atoms with Gasteiger partial charge in [-0.3, -0.25) is 0 Å². The molecule has 6 heteroatoms. The molecule has 0 aliphatic rings. The van der Waals surface area contributed by atoms with Gasteiger partial charge in [-0.25, -0.2) is 9.59 Å². The third-order valence-corrected chi connectivity index (χ3v) is 6.64. The normalized spacial score (nSPS) is 10.6. The maximum atomic E-state index is 12.4. The standard InChI is InChI=1S/C24H38O4.C10H8O2/c1-3-5-7-9-11-15-19-27-23(25)21-17-13-14-18-22(21)24(26)28-20-16-12-10-8-6-4-2;11-9-3-1-7-5-10(12)4-2-8(7)6-9/h13-14,17-18H,3-12,15-16,19-20H2,1-2H3;1-6,11-12H. The number of carbonyl (C=O) groups is 2. The minimum atomic E-state index is -0.444. The third kappa shape index (κ3) is 12.5. The second-order valence-corrected chi connectivity index (χ2v) is 10.1. The van der Waals surface area contributed by atoms with Gasteiger partial charge in [0.25, 0.3) is 0 Å². The highest BCUT2D eigenvalue weighted by molar-refractivity contribution is 6.03. The molecular formula is C34H46O6. The number of phenolic OH excluding ortho intramolecular Hbond substituents is 2. The Morgan fingerprint density at radius 1 is 0.550 bits per heavy atom. The molecule has 0 aliphatic heterocycles. The molecule has 40 heavy (non-hydrogen) atoms. The number of ether oxygens (including phenoxy) is 2. The van der Waals surface area contributed by atoms with Crippen LogP contribution in [0.5, 0.6) is 11.5 Å². The average Bonchev–Trinajstić information content (AvgIpc) is 2.96. The Morgan fingerprint density at radius 2 is 0.925 bits per heavy atom. The molecule has 218 valence electrons. The van der Waals surface area contributed by atoms with E-state index in [1.54, 1.807) is 60.7 Å². The van der Waals surface area contributed by atoms with Gasteiger partial charge < -0.3 is 19.7 Å². The Labute approximate surface area is 239 Å². The van der Waals surface area contributed by atoms with E-state index in [0.717, 1.165) is 36.5 Å². The first-order valence-corrected chi connectivity index (χ1v) is 14.8. The lowest BCUT2D eigenvalue weighted by Gasteiger charge is -2.10. The Morgan fingerprint density at radius 3 is 1.32 bits per heavy atom. The minimum Gasteiger partial charge on any atom is -0.508 e. The second-order valence-electron chi connectivity index (χ2n) is 10.1. The van der Waals surface area contributed by atoms with Crippen LogP contribution in [0.15, 0.2) is 60.7 Å². The maximum absolute atomic E-state index is 12.4. The average molecular weight is 551 g/mol. The summed E-state index contributed by atoms with van der Waals surface area (Å²) in [6.45, 7) is 5.17. The van der Waals surface area contributed by atoms with Crippen LogP contribution in [0.3, 0.4) is 0 Å². The van der Waals surface area contributed by atoms with Crippen molar-refractivity contribution in [2.24, 2.45) is 0 Å². The first kappa shape index (κ1) is 32.7. The quantitative estimate of drug-likeness (QED) is 0.137. The fourth-order valence-corrected chi connectivity index (χ4v) is 4.31. The van der Waals surface area contributed by atoms with Gasteiger partial charge in [-0.2, -0.15) is 0 Å². The van der Waals surface area contributed by atoms with Crippen LogP contribution in [0.25, 0.3) is 10.8 Å². The number of rotatable bonds is 16. The van der Waals surface area contributed by atoms with Gasteiger partial charge in [0.2, 0.25) is 0 Å². The molecule has 0 aliphatic carbocycles. The van der Waals surface area contributed by atoms with Gasteiger partial charge in [-0.15, -0.1) is 0 Å². The molecule has 0 saturated carbocycles. The molecule has 0 amide bonds. The topological polar surface area (TPSA) is 93.1 Å². The van der Waals surface area contributed by atoms with Gasteiger partial charge in [-0.05, 0) is 60.0 Å². The van der Waals surface area contributed by atoms with Crippen molar-refractivity contribution < 1.29 is 29.3 Å². The molecule has 0 atom stereocenters. The highest BCUT2D eigenvalue weighted by atomic mass is 16.5. The zero-order valence-corrected chi connectivity index (χ0v) is 24.2. The lowest BCUT2D eigenvalue weighted by atomic mass is 10.1. The molecule has 0 bridgehead atoms. The van der Waals surface area contributed by atoms with Crippen LogP contribution in [0.4, 0.5) is 0 Å². The number of benzene rings is 3. The summed E-state index contributed by atoms with van der Waals surface area (Å²) in [4.78, 5) is 24.7. The van der Waals surface area contributed by atoms with Crippen LogP contribution in [0.1, 0.15) is 112 Å². The second kappa shape index (κ2) is 19.5. The fraction of sp³-hybridized carbons (Fsp3) is 0.471. The summed E-state index contributed by atoms with van der Waals surface area (Å²) in [5.74, 6) is -0.400. The fourth-order valence-electron chi connectivity index (χ4n) is 4.31. The van der Waals surface area contributed by atoms with Crippen LogP contribution in [-0.2, 0) is 9.47 Å². The zero-order valence-electron chi connectivity index (χ0n) is 24.2. The van der Waals surface area contributed by atoms with Crippen LogP contribution in [0, 0.1) is 0 Å². The van der Waals surface area contributed by atoms with E-state index in [2.05, 4.69) is 13.8 Å². The van der Waals surface area contributed by atoms with Crippen LogP contribution in [-0.4, -0.2) is 35.4 Å². The van der Waals surface area contributed by atoms with Crippen molar-refractivity contribution in [2.45, 2.75) is 90.9 Å². The summed E-state index contributed by atoms with van der Waals surface area (Å²) in [5.41, 5.74) is 0.586. The smallest absolute Gasteiger partial charge is 0.339 e. The lowest BCUT2D eigenvalue weighted by molar-refractivity contribution is 0.0450. The van der Waals surface area contributed by atoms with E-state index in [1.807, 2.05) is 0 Å². The molecule has 3 rings (SSSR count). The van der Waals surface area contributed by atoms with E-state index in [4.69, 9.17) is 19.7 Å². The first-order chi connectivity index (χ1) is 19.5. The highest BCUT2D eigenvalue weighted by Crippen LogP contribution is 2.23. The summed E-state index contributed by atoms with van der Waals surface area (Å²) in [6, 6.07) is 16.8. The van der Waals surface area contributed by atoms with Crippen molar-refractivity contribution in [3.05, 3.63) is 71.8 Å². The van der Waals surface area contributed by atoms with Gasteiger partial charge in [-0.1, -0.05) is 102 Å². The molecule has 0 radical (unpaired) electrons. The van der Waals surface area contributed by atoms with Crippen molar-refractivity contribution in [3.8, 4) is 11.5 Å². The summed E-state index contributed by atoms with van der Waals surface area (Å²) in [7, 11) is 0. The van der Waals surface area contributed by atoms with Gasteiger partial charge >= 0.3 is 11.9 Å². The molecular weight excluding hydrogens is 504 g/mol. The summed E-state index contributed by atoms with van der Waals surface area (Å²) < 4.78 is 10.7. The first-order valence-electron chi connectivity index (χ1n) is 14.8. The van der Waals surface area contributed by atoms with Crippen molar-refractivity contribution in [2.75, 3.05) is 13.2 Å². The van der Waals surface area contributed by atoms with Gasteiger partial charge in [0.15, 0.2) is 0 Å². The SMILES string of the molecule is CCCCCCCCOC(=O)c1ccccc1C(=O)OCCCCCCCC.Oc1ccc2cc(O)ccc2c1. The van der Waals surface area contributed by atoms with Gasteiger partial charge in [0, 0.05) is 0 Å². The highest BCUT2D eigenvalue weighted by Gasteiger charge is 2.18. The van der Waals surface area contributed by atoms with Crippen molar-refractivity contribution in [1.82, 2.24) is 0 Å². The number of fused-ring (bicyclic) bond motifs is 1. The van der Waals surface area contributed by atoms with E-state index in [1.165, 1.54) is 51.4 Å². The minimum absolute atomic E-state index is 0.244. The number of hydrogen-bond donors (Lipinski definition) is 2. The van der Waals surface area contributed by atoms with Crippen LogP contribution >= 0.6 is 0 Å². The largest absolute Gasteiger partial charge is 0.508 e. The monoisotopic (exact) mass is 550 g/mol. The summed E-state index contributed by atoms with van der Waals surface area (Å²) in [5, 5.41) is 20.1. The number of phenols is 2. The Hall–Kier alpha value is -3.54. The molecule has 3 aromatic carbocycles. The van der Waals surface area contributed by atoms with E-state index >= 15 is 0 Å². The number of hydrogen-bond acceptors (Lipinski definition) is 6. The summed E-state index contributed by atoms with van der Waals surface area (Å²) in [6.07, 6.45) is 13.6. The molecule has 6 nitrogen and oxygen atoms in total. The number of carbonyl (C=O) groups excluding carboxylic acids is 2. The predicted octanol–water partition coefficient (Wildman–Crippen LogP) is 8.97. The number of esters is 2. The number of unbranched alkanes of at least 4 members (excludes halogenated alkanes) is 10. The van der Waals surface area contributed by atoms with E-state index in [-0.39, 0.29) is 11.5 Å².